The van der Waals surface area contributed by atoms with Crippen molar-refractivity contribution in [1.29, 1.82) is 0 Å². The first-order chi connectivity index (χ1) is 10.7. The summed E-state index contributed by atoms with van der Waals surface area (Å²) in [6, 6.07) is 4.36. The van der Waals surface area contributed by atoms with Crippen LogP contribution in [0.5, 0.6) is 0 Å². The number of benzene rings is 1. The number of H-pyrrole nitrogens is 1. The summed E-state index contributed by atoms with van der Waals surface area (Å²) in [7, 11) is 1.00. The molecule has 2 N–H and O–H groups in total. The molecular formula is C16H17FN2O2S. The van der Waals surface area contributed by atoms with E-state index in [1.54, 1.807) is 12.3 Å². The molecule has 2 aromatic heterocycles. The van der Waals surface area contributed by atoms with E-state index in [1.807, 2.05) is 5.38 Å². The average molecular weight is 320 g/mol. The highest BCUT2D eigenvalue weighted by molar-refractivity contribution is 7.12. The largest absolute Gasteiger partial charge is 0.400 e. The van der Waals surface area contributed by atoms with E-state index in [-0.39, 0.29) is 11.6 Å². The predicted octanol–water partition coefficient (Wildman–Crippen LogP) is 3.56. The molecule has 0 spiro atoms. The second-order valence-corrected chi connectivity index (χ2v) is 5.47. The number of rotatable bonds is 4. The van der Waals surface area contributed by atoms with Gasteiger partial charge in [-0.25, -0.2) is 9.37 Å². The number of thiazole rings is 1. The van der Waals surface area contributed by atoms with E-state index in [9.17, 15) is 9.18 Å². The van der Waals surface area contributed by atoms with Crippen molar-refractivity contribution in [3.63, 3.8) is 0 Å². The van der Waals surface area contributed by atoms with E-state index in [0.717, 1.165) is 31.0 Å². The number of aliphatic hydroxyl groups is 1. The van der Waals surface area contributed by atoms with Gasteiger partial charge < -0.3 is 10.1 Å². The minimum atomic E-state index is -0.321. The first-order valence-corrected chi connectivity index (χ1v) is 7.77. The Balaban J connectivity index is 0.000000847. The van der Waals surface area contributed by atoms with E-state index >= 15 is 0 Å². The lowest BCUT2D eigenvalue weighted by Crippen LogP contribution is -2.00. The van der Waals surface area contributed by atoms with Crippen LogP contribution in [0.1, 0.15) is 34.4 Å². The van der Waals surface area contributed by atoms with Crippen LogP contribution in [0.3, 0.4) is 0 Å². The normalized spacial score (nSPS) is 10.4. The van der Waals surface area contributed by atoms with Crippen molar-refractivity contribution < 1.29 is 14.3 Å². The fourth-order valence-corrected chi connectivity index (χ4v) is 2.99. The van der Waals surface area contributed by atoms with Crippen molar-refractivity contribution in [3.8, 4) is 0 Å². The summed E-state index contributed by atoms with van der Waals surface area (Å²) in [5.74, 6) is -0.437. The molecule has 3 aromatic rings. The smallest absolute Gasteiger partial charge is 0.223 e. The van der Waals surface area contributed by atoms with Gasteiger partial charge in [0.1, 0.15) is 5.82 Å². The van der Waals surface area contributed by atoms with Gasteiger partial charge in [0.2, 0.25) is 5.78 Å². The average Bonchev–Trinajstić information content (AvgIpc) is 3.15. The molecule has 2 heterocycles. The van der Waals surface area contributed by atoms with Crippen molar-refractivity contribution in [2.45, 2.75) is 19.8 Å². The van der Waals surface area contributed by atoms with Crippen molar-refractivity contribution >= 4 is 28.0 Å². The van der Waals surface area contributed by atoms with Crippen molar-refractivity contribution in [2.24, 2.45) is 0 Å². The van der Waals surface area contributed by atoms with E-state index < -0.39 is 0 Å². The number of hydrogen-bond donors (Lipinski definition) is 2. The van der Waals surface area contributed by atoms with Crippen LogP contribution in [0, 0.1) is 5.82 Å². The summed E-state index contributed by atoms with van der Waals surface area (Å²) >= 11 is 1.36. The summed E-state index contributed by atoms with van der Waals surface area (Å²) in [6.45, 7) is 2.08. The molecule has 0 unspecified atom stereocenters. The number of nitrogens with one attached hydrogen (secondary N) is 1. The molecule has 0 saturated heterocycles. The van der Waals surface area contributed by atoms with Crippen LogP contribution in [0.4, 0.5) is 4.39 Å². The monoisotopic (exact) mass is 320 g/mol. The Morgan fingerprint density at radius 3 is 2.91 bits per heavy atom. The zero-order valence-electron chi connectivity index (χ0n) is 12.4. The van der Waals surface area contributed by atoms with Crippen LogP contribution in [0.25, 0.3) is 10.9 Å². The van der Waals surface area contributed by atoms with E-state index in [1.165, 1.54) is 23.5 Å². The van der Waals surface area contributed by atoms with Gasteiger partial charge in [0, 0.05) is 29.6 Å². The van der Waals surface area contributed by atoms with Gasteiger partial charge in [-0.15, -0.1) is 11.3 Å². The van der Waals surface area contributed by atoms with Crippen LogP contribution in [0.15, 0.2) is 29.8 Å². The number of aryl methyl sites for hydroxylation is 1. The number of fused-ring (bicyclic) bond motifs is 1. The minimum absolute atomic E-state index is 0.116. The zero-order valence-corrected chi connectivity index (χ0v) is 13.2. The third kappa shape index (κ3) is 3.23. The molecule has 4 nitrogen and oxygen atoms in total. The second kappa shape index (κ2) is 7.29. The molecule has 1 aromatic carbocycles. The highest BCUT2D eigenvalue weighted by Crippen LogP contribution is 2.23. The number of ketones is 1. The van der Waals surface area contributed by atoms with Gasteiger partial charge in [0.15, 0.2) is 5.01 Å². The molecule has 0 fully saturated rings. The van der Waals surface area contributed by atoms with E-state index in [4.69, 9.17) is 5.11 Å². The van der Waals surface area contributed by atoms with Gasteiger partial charge in [-0.3, -0.25) is 4.79 Å². The summed E-state index contributed by atoms with van der Waals surface area (Å²) < 4.78 is 13.1. The highest BCUT2D eigenvalue weighted by atomic mass is 32.1. The topological polar surface area (TPSA) is 66.0 Å². The second-order valence-electron chi connectivity index (χ2n) is 4.62. The summed E-state index contributed by atoms with van der Waals surface area (Å²) in [6.07, 6.45) is 3.50. The lowest BCUT2D eigenvalue weighted by atomic mass is 10.1. The number of aliphatic hydroxyl groups excluding tert-OH is 1. The molecule has 3 rings (SSSR count). The SMILES string of the molecule is CCCc1csc(C(=O)c2c[nH]c3cc(F)ccc23)n1.CO. The fraction of sp³-hybridized carbons (Fsp3) is 0.250. The number of halogens is 1. The Labute approximate surface area is 131 Å². The molecule has 116 valence electrons. The van der Waals surface area contributed by atoms with Gasteiger partial charge in [0.25, 0.3) is 0 Å². The summed E-state index contributed by atoms with van der Waals surface area (Å²) in [5.41, 5.74) is 2.11. The van der Waals surface area contributed by atoms with Gasteiger partial charge in [-0.2, -0.15) is 0 Å². The lowest BCUT2D eigenvalue weighted by molar-refractivity contribution is 0.103. The third-order valence-electron chi connectivity index (χ3n) is 3.14. The molecule has 6 heteroatoms. The quantitative estimate of drug-likeness (QED) is 0.722. The standard InChI is InChI=1S/C15H13FN2OS.CH4O/c1-2-3-10-8-20-15(18-10)14(19)12-7-17-13-6-9(16)4-5-11(12)13;1-2/h4-8,17H,2-3H2,1H3;2H,1H3. The Morgan fingerprint density at radius 1 is 1.41 bits per heavy atom. The first kappa shape index (κ1) is 16.3. The van der Waals surface area contributed by atoms with Crippen molar-refractivity contribution in [3.05, 3.63) is 51.9 Å². The first-order valence-electron chi connectivity index (χ1n) is 6.89. The van der Waals surface area contributed by atoms with Crippen LogP contribution < -0.4 is 0 Å². The van der Waals surface area contributed by atoms with E-state index in [2.05, 4.69) is 16.9 Å². The molecular weight excluding hydrogens is 303 g/mol. The van der Waals surface area contributed by atoms with Gasteiger partial charge >= 0.3 is 0 Å². The molecule has 0 aliphatic heterocycles. The van der Waals surface area contributed by atoms with Crippen LogP contribution in [-0.2, 0) is 6.42 Å². The molecule has 0 radical (unpaired) electrons. The molecule has 0 atom stereocenters. The van der Waals surface area contributed by atoms with Crippen LogP contribution in [0.2, 0.25) is 0 Å². The molecule has 0 bridgehead atoms. The lowest BCUT2D eigenvalue weighted by Gasteiger charge is -1.96. The molecule has 0 saturated carbocycles. The Morgan fingerprint density at radius 2 is 2.18 bits per heavy atom. The van der Waals surface area contributed by atoms with Gasteiger partial charge in [-0.05, 0) is 24.6 Å². The van der Waals surface area contributed by atoms with Crippen LogP contribution in [-0.4, -0.2) is 28.0 Å². The Hall–Kier alpha value is -2.05. The highest BCUT2D eigenvalue weighted by Gasteiger charge is 2.17. The fourth-order valence-electron chi connectivity index (χ4n) is 2.18. The van der Waals surface area contributed by atoms with Gasteiger partial charge in [-0.1, -0.05) is 13.3 Å². The van der Waals surface area contributed by atoms with Crippen molar-refractivity contribution in [1.82, 2.24) is 9.97 Å². The number of carbonyl (C=O) groups is 1. The number of aromatic amines is 1. The molecule has 0 aliphatic rings. The number of hydrogen-bond acceptors (Lipinski definition) is 4. The predicted molar refractivity (Wildman–Crippen MR) is 85.9 cm³/mol. The Bertz CT molecular complexity index is 779. The summed E-state index contributed by atoms with van der Waals surface area (Å²) in [5, 5.41) is 10.1. The number of aromatic nitrogens is 2. The van der Waals surface area contributed by atoms with Crippen molar-refractivity contribution in [2.75, 3.05) is 7.11 Å². The minimum Gasteiger partial charge on any atom is -0.400 e. The van der Waals surface area contributed by atoms with E-state index in [0.29, 0.717) is 16.1 Å². The maximum Gasteiger partial charge on any atom is 0.223 e. The third-order valence-corrected chi connectivity index (χ3v) is 4.03. The zero-order chi connectivity index (χ0) is 16.1. The number of nitrogens with zero attached hydrogens (tertiary/aromatic N) is 1. The number of carbonyl (C=O) groups excluding carboxylic acids is 1. The molecule has 22 heavy (non-hydrogen) atoms. The molecule has 0 amide bonds. The maximum absolute atomic E-state index is 13.1. The summed E-state index contributed by atoms with van der Waals surface area (Å²) in [4.78, 5) is 19.7. The molecule has 0 aliphatic carbocycles. The maximum atomic E-state index is 13.1. The Kier molecular flexibility index (Phi) is 5.41. The van der Waals surface area contributed by atoms with Gasteiger partial charge in [0.05, 0.1) is 11.3 Å². The van der Waals surface area contributed by atoms with Crippen LogP contribution >= 0.6 is 11.3 Å².